The van der Waals surface area contributed by atoms with Gasteiger partial charge in [-0.1, -0.05) is 0 Å². The first-order valence-corrected chi connectivity index (χ1v) is 6.79. The van der Waals surface area contributed by atoms with E-state index in [1.165, 1.54) is 0 Å². The number of thioether (sulfide) groups is 1. The molecule has 0 aromatic carbocycles. The SMILES string of the molecule is O=C(Cc1ccncc1)NC1(C(=O)O)CCSC1. The van der Waals surface area contributed by atoms with Crippen molar-refractivity contribution in [2.75, 3.05) is 11.5 Å². The lowest BCUT2D eigenvalue weighted by atomic mass is 9.98. The third-order valence-electron chi connectivity index (χ3n) is 2.92. The summed E-state index contributed by atoms with van der Waals surface area (Å²) in [5, 5.41) is 11.9. The molecule has 1 atom stereocenters. The van der Waals surface area contributed by atoms with Crippen LogP contribution < -0.4 is 5.32 Å². The van der Waals surface area contributed by atoms with Gasteiger partial charge in [-0.2, -0.15) is 11.8 Å². The van der Waals surface area contributed by atoms with Gasteiger partial charge in [0.25, 0.3) is 0 Å². The average molecular weight is 266 g/mol. The molecule has 0 saturated carbocycles. The second kappa shape index (κ2) is 5.39. The van der Waals surface area contributed by atoms with E-state index >= 15 is 0 Å². The maximum Gasteiger partial charge on any atom is 0.330 e. The molecule has 5 nitrogen and oxygen atoms in total. The van der Waals surface area contributed by atoms with Crippen LogP contribution in [0.25, 0.3) is 0 Å². The molecule has 2 rings (SSSR count). The first kappa shape index (κ1) is 12.9. The van der Waals surface area contributed by atoms with Crippen LogP contribution >= 0.6 is 11.8 Å². The topological polar surface area (TPSA) is 79.3 Å². The van der Waals surface area contributed by atoms with Gasteiger partial charge in [0.1, 0.15) is 5.54 Å². The number of carbonyl (C=O) groups is 2. The van der Waals surface area contributed by atoms with E-state index in [0.717, 1.165) is 11.3 Å². The van der Waals surface area contributed by atoms with Crippen molar-refractivity contribution in [2.45, 2.75) is 18.4 Å². The van der Waals surface area contributed by atoms with Gasteiger partial charge in [0.2, 0.25) is 5.91 Å². The highest BCUT2D eigenvalue weighted by Gasteiger charge is 2.43. The van der Waals surface area contributed by atoms with Crippen LogP contribution in [-0.2, 0) is 16.0 Å². The van der Waals surface area contributed by atoms with E-state index in [2.05, 4.69) is 10.3 Å². The summed E-state index contributed by atoms with van der Waals surface area (Å²) in [6, 6.07) is 3.49. The molecule has 6 heteroatoms. The van der Waals surface area contributed by atoms with Gasteiger partial charge < -0.3 is 10.4 Å². The minimum absolute atomic E-state index is 0.183. The van der Waals surface area contributed by atoms with Crippen LogP contribution in [0, 0.1) is 0 Å². The molecule has 18 heavy (non-hydrogen) atoms. The summed E-state index contributed by atoms with van der Waals surface area (Å²) in [5.74, 6) is -0.00613. The molecule has 1 aromatic heterocycles. The van der Waals surface area contributed by atoms with E-state index < -0.39 is 11.5 Å². The summed E-state index contributed by atoms with van der Waals surface area (Å²) in [7, 11) is 0. The number of hydrogen-bond donors (Lipinski definition) is 2. The number of nitrogens with zero attached hydrogens (tertiary/aromatic N) is 1. The van der Waals surface area contributed by atoms with Crippen molar-refractivity contribution in [3.8, 4) is 0 Å². The zero-order valence-electron chi connectivity index (χ0n) is 9.76. The minimum Gasteiger partial charge on any atom is -0.479 e. The molecule has 0 bridgehead atoms. The molecule has 1 fully saturated rings. The molecule has 96 valence electrons. The predicted octanol–water partition coefficient (Wildman–Crippen LogP) is 0.701. The van der Waals surface area contributed by atoms with Gasteiger partial charge in [-0.05, 0) is 29.9 Å². The predicted molar refractivity (Wildman–Crippen MR) is 68.4 cm³/mol. The number of amides is 1. The fourth-order valence-corrected chi connectivity index (χ4v) is 3.21. The summed E-state index contributed by atoms with van der Waals surface area (Å²) in [6.07, 6.45) is 3.89. The van der Waals surface area contributed by atoms with Crippen molar-refractivity contribution in [3.63, 3.8) is 0 Å². The molecule has 1 aromatic rings. The molecular weight excluding hydrogens is 252 g/mol. The molecule has 1 unspecified atom stereocenters. The number of carboxylic acids is 1. The lowest BCUT2D eigenvalue weighted by molar-refractivity contribution is -0.146. The van der Waals surface area contributed by atoms with Gasteiger partial charge in [-0.3, -0.25) is 9.78 Å². The van der Waals surface area contributed by atoms with Crippen molar-refractivity contribution < 1.29 is 14.7 Å². The molecule has 2 N–H and O–H groups in total. The number of carboxylic acid groups (broad SMARTS) is 1. The summed E-state index contributed by atoms with van der Waals surface area (Å²) >= 11 is 1.55. The Balaban J connectivity index is 2.00. The Hall–Kier alpha value is -1.56. The fraction of sp³-hybridized carbons (Fsp3) is 0.417. The summed E-state index contributed by atoms with van der Waals surface area (Å²) in [6.45, 7) is 0. The number of aromatic nitrogens is 1. The molecule has 1 aliphatic heterocycles. The maximum atomic E-state index is 11.9. The van der Waals surface area contributed by atoms with Crippen molar-refractivity contribution >= 4 is 23.6 Å². The molecule has 0 radical (unpaired) electrons. The molecule has 1 amide bonds. The Labute approximate surface area is 109 Å². The van der Waals surface area contributed by atoms with Gasteiger partial charge in [0.05, 0.1) is 6.42 Å². The van der Waals surface area contributed by atoms with Crippen molar-refractivity contribution in [1.82, 2.24) is 10.3 Å². The normalized spacial score (nSPS) is 22.7. The average Bonchev–Trinajstić information content (AvgIpc) is 2.80. The number of nitrogens with one attached hydrogen (secondary N) is 1. The van der Waals surface area contributed by atoms with Crippen LogP contribution in [-0.4, -0.2) is 39.0 Å². The zero-order valence-corrected chi connectivity index (χ0v) is 10.6. The fourth-order valence-electron chi connectivity index (χ4n) is 1.88. The van der Waals surface area contributed by atoms with Crippen molar-refractivity contribution in [2.24, 2.45) is 0 Å². The molecule has 1 saturated heterocycles. The van der Waals surface area contributed by atoms with Crippen LogP contribution in [0.3, 0.4) is 0 Å². The summed E-state index contributed by atoms with van der Waals surface area (Å²) < 4.78 is 0. The van der Waals surface area contributed by atoms with Gasteiger partial charge >= 0.3 is 5.97 Å². The first-order chi connectivity index (χ1) is 8.62. The largest absolute Gasteiger partial charge is 0.479 e. The number of hydrogen-bond acceptors (Lipinski definition) is 4. The van der Waals surface area contributed by atoms with Gasteiger partial charge in [0.15, 0.2) is 0 Å². The smallest absolute Gasteiger partial charge is 0.330 e. The first-order valence-electron chi connectivity index (χ1n) is 5.63. The Kier molecular flexibility index (Phi) is 3.86. The second-order valence-electron chi connectivity index (χ2n) is 4.27. The standard InChI is InChI=1S/C12H14N2O3S/c15-10(7-9-1-4-13-5-2-9)14-12(11(16)17)3-6-18-8-12/h1-2,4-5H,3,6-8H2,(H,14,15)(H,16,17). The number of rotatable bonds is 4. The lowest BCUT2D eigenvalue weighted by Gasteiger charge is -2.24. The number of carbonyl (C=O) groups excluding carboxylic acids is 1. The Morgan fingerprint density at radius 3 is 2.72 bits per heavy atom. The van der Waals surface area contributed by atoms with Crippen molar-refractivity contribution in [1.29, 1.82) is 0 Å². The van der Waals surface area contributed by atoms with Crippen LogP contribution in [0.2, 0.25) is 0 Å². The third kappa shape index (κ3) is 2.81. The van der Waals surface area contributed by atoms with E-state index in [1.807, 2.05) is 0 Å². The van der Waals surface area contributed by atoms with Crippen LogP contribution in [0.15, 0.2) is 24.5 Å². The monoisotopic (exact) mass is 266 g/mol. The highest BCUT2D eigenvalue weighted by Crippen LogP contribution is 2.28. The highest BCUT2D eigenvalue weighted by atomic mass is 32.2. The molecular formula is C12H14N2O3S. The number of pyridine rings is 1. The van der Waals surface area contributed by atoms with Crippen LogP contribution in [0.4, 0.5) is 0 Å². The van der Waals surface area contributed by atoms with Gasteiger partial charge in [-0.25, -0.2) is 4.79 Å². The quantitative estimate of drug-likeness (QED) is 0.838. The Morgan fingerprint density at radius 1 is 1.44 bits per heavy atom. The van der Waals surface area contributed by atoms with Crippen molar-refractivity contribution in [3.05, 3.63) is 30.1 Å². The Bertz CT molecular complexity index is 444. The molecule has 0 spiro atoms. The minimum atomic E-state index is -1.09. The van der Waals surface area contributed by atoms with Crippen LogP contribution in [0.1, 0.15) is 12.0 Å². The lowest BCUT2D eigenvalue weighted by Crippen LogP contribution is -2.55. The summed E-state index contributed by atoms with van der Waals surface area (Å²) in [4.78, 5) is 27.0. The molecule has 1 aliphatic rings. The second-order valence-corrected chi connectivity index (χ2v) is 5.38. The highest BCUT2D eigenvalue weighted by molar-refractivity contribution is 7.99. The Morgan fingerprint density at radius 2 is 2.17 bits per heavy atom. The molecule has 2 heterocycles. The zero-order chi connectivity index (χ0) is 13.0. The van der Waals surface area contributed by atoms with E-state index in [4.69, 9.17) is 0 Å². The van der Waals surface area contributed by atoms with Crippen LogP contribution in [0.5, 0.6) is 0 Å². The maximum absolute atomic E-state index is 11.9. The summed E-state index contributed by atoms with van der Waals surface area (Å²) in [5.41, 5.74) is -0.261. The van der Waals surface area contributed by atoms with E-state index in [1.54, 1.807) is 36.3 Å². The van der Waals surface area contributed by atoms with E-state index in [-0.39, 0.29) is 12.3 Å². The number of aliphatic carboxylic acids is 1. The van der Waals surface area contributed by atoms with Gasteiger partial charge in [-0.15, -0.1) is 0 Å². The van der Waals surface area contributed by atoms with E-state index in [9.17, 15) is 14.7 Å². The molecule has 0 aliphatic carbocycles. The van der Waals surface area contributed by atoms with E-state index in [0.29, 0.717) is 12.2 Å². The van der Waals surface area contributed by atoms with Gasteiger partial charge in [0, 0.05) is 18.1 Å². The third-order valence-corrected chi connectivity index (χ3v) is 4.11.